The molecule has 10 heavy (non-hydrogen) atoms. The first-order valence-electron chi connectivity index (χ1n) is 3.92. The summed E-state index contributed by atoms with van der Waals surface area (Å²) in [5, 5.41) is 0. The van der Waals surface area contributed by atoms with Gasteiger partial charge >= 0.3 is 0 Å². The molecule has 56 valence electrons. The summed E-state index contributed by atoms with van der Waals surface area (Å²) >= 11 is 0. The van der Waals surface area contributed by atoms with E-state index in [4.69, 9.17) is 0 Å². The molecule has 0 rings (SSSR count). The zero-order chi connectivity index (χ0) is 7.82. The van der Waals surface area contributed by atoms with Gasteiger partial charge in [0.15, 0.2) is 0 Å². The van der Waals surface area contributed by atoms with Crippen LogP contribution in [0.2, 0.25) is 0 Å². The zero-order valence-electron chi connectivity index (χ0n) is 6.82. The maximum absolute atomic E-state index is 3.82. The van der Waals surface area contributed by atoms with Crippen molar-refractivity contribution in [2.24, 2.45) is 5.92 Å². The molecular weight excluding hydrogens is 120 g/mol. The van der Waals surface area contributed by atoms with Crippen LogP contribution in [-0.2, 0) is 0 Å². The Hall–Kier alpha value is -0.440. The summed E-state index contributed by atoms with van der Waals surface area (Å²) in [7, 11) is 0. The molecule has 0 aromatic carbocycles. The minimum absolute atomic E-state index is 0.506. The minimum Gasteiger partial charge on any atom is -0.103 e. The predicted molar refractivity (Wildman–Crippen MR) is 46.1 cm³/mol. The van der Waals surface area contributed by atoms with Gasteiger partial charge in [-0.05, 0) is 19.3 Å². The van der Waals surface area contributed by atoms with Crippen LogP contribution in [0.1, 0.15) is 32.6 Å². The van der Waals surface area contributed by atoms with Crippen molar-refractivity contribution in [2.75, 3.05) is 0 Å². The zero-order valence-corrected chi connectivity index (χ0v) is 6.82. The van der Waals surface area contributed by atoms with Crippen LogP contribution in [-0.4, -0.2) is 0 Å². The molecule has 0 bridgehead atoms. The Bertz CT molecular complexity index is 110. The van der Waals surface area contributed by atoms with Gasteiger partial charge in [0.2, 0.25) is 0 Å². The summed E-state index contributed by atoms with van der Waals surface area (Å²) in [4.78, 5) is 0. The van der Waals surface area contributed by atoms with Crippen LogP contribution < -0.4 is 0 Å². The highest BCUT2D eigenvalue weighted by atomic mass is 14.0. The average Bonchev–Trinajstić information content (AvgIpc) is 1.99. The summed E-state index contributed by atoms with van der Waals surface area (Å²) in [5.74, 6) is 6.76. The maximum atomic E-state index is 3.82. The Balaban J connectivity index is 3.52. The second kappa shape index (κ2) is 6.68. The first kappa shape index (κ1) is 9.56. The molecule has 0 aliphatic heterocycles. The van der Waals surface area contributed by atoms with E-state index in [0.29, 0.717) is 5.92 Å². The number of rotatable bonds is 3. The van der Waals surface area contributed by atoms with Crippen molar-refractivity contribution in [3.63, 3.8) is 0 Å². The molecule has 1 unspecified atom stereocenters. The molecule has 0 aromatic rings. The highest BCUT2D eigenvalue weighted by molar-refractivity contribution is 5.03. The molecule has 0 saturated heterocycles. The number of hydrogen-bond acceptors (Lipinski definition) is 0. The highest BCUT2D eigenvalue weighted by Crippen LogP contribution is 2.04. The van der Waals surface area contributed by atoms with Gasteiger partial charge in [0, 0.05) is 12.3 Å². The first-order chi connectivity index (χ1) is 4.85. The smallest absolute Gasteiger partial charge is 0.0200 e. The molecule has 0 saturated carbocycles. The molecule has 0 aliphatic carbocycles. The number of hydrogen-bond donors (Lipinski definition) is 0. The summed E-state index contributed by atoms with van der Waals surface area (Å²) in [6.45, 7) is 9.68. The summed E-state index contributed by atoms with van der Waals surface area (Å²) < 4.78 is 0. The summed E-state index contributed by atoms with van der Waals surface area (Å²) in [6, 6.07) is 0. The fourth-order valence-corrected chi connectivity index (χ4v) is 0.683. The van der Waals surface area contributed by atoms with Crippen LogP contribution in [0.3, 0.4) is 0 Å². The van der Waals surface area contributed by atoms with Gasteiger partial charge in [0.05, 0.1) is 0 Å². The molecule has 0 heteroatoms. The molecule has 2 radical (unpaired) electrons. The van der Waals surface area contributed by atoms with Gasteiger partial charge in [-0.1, -0.05) is 26.7 Å². The van der Waals surface area contributed by atoms with E-state index in [-0.39, 0.29) is 0 Å². The molecule has 0 aliphatic rings. The van der Waals surface area contributed by atoms with E-state index in [0.717, 1.165) is 25.7 Å². The molecule has 0 amide bonds. The molecule has 0 aromatic heterocycles. The SMILES string of the molecule is [CH2]CCC#CC(C[CH2])CC. The fraction of sp³-hybridized carbons (Fsp3) is 0.600. The topological polar surface area (TPSA) is 0 Å². The van der Waals surface area contributed by atoms with Crippen LogP contribution in [0, 0.1) is 31.6 Å². The van der Waals surface area contributed by atoms with Crippen LogP contribution in [0.4, 0.5) is 0 Å². The first-order valence-corrected chi connectivity index (χ1v) is 3.92. The van der Waals surface area contributed by atoms with E-state index >= 15 is 0 Å². The molecular formula is C10H16. The number of unbranched alkanes of at least 4 members (excludes halogenated alkanes) is 1. The molecule has 1 atom stereocenters. The van der Waals surface area contributed by atoms with E-state index in [1.807, 2.05) is 0 Å². The predicted octanol–water partition coefficient (Wildman–Crippen LogP) is 2.85. The molecule has 0 heterocycles. The highest BCUT2D eigenvalue weighted by Gasteiger charge is 1.94. The van der Waals surface area contributed by atoms with Crippen molar-refractivity contribution in [3.8, 4) is 11.8 Å². The lowest BCUT2D eigenvalue weighted by Crippen LogP contribution is -1.90. The molecule has 0 N–H and O–H groups in total. The van der Waals surface area contributed by atoms with Gasteiger partial charge in [-0.25, -0.2) is 0 Å². The Morgan fingerprint density at radius 3 is 2.50 bits per heavy atom. The van der Waals surface area contributed by atoms with E-state index in [9.17, 15) is 0 Å². The third kappa shape index (κ3) is 4.44. The van der Waals surface area contributed by atoms with Crippen LogP contribution in [0.15, 0.2) is 0 Å². The third-order valence-corrected chi connectivity index (χ3v) is 1.45. The Morgan fingerprint density at radius 2 is 2.10 bits per heavy atom. The summed E-state index contributed by atoms with van der Waals surface area (Å²) in [5.41, 5.74) is 0. The van der Waals surface area contributed by atoms with E-state index in [1.165, 1.54) is 0 Å². The molecule has 0 fully saturated rings. The lowest BCUT2D eigenvalue weighted by atomic mass is 10.0. The largest absolute Gasteiger partial charge is 0.103 e. The Kier molecular flexibility index (Phi) is 6.38. The van der Waals surface area contributed by atoms with Crippen LogP contribution in [0.25, 0.3) is 0 Å². The average molecular weight is 136 g/mol. The van der Waals surface area contributed by atoms with Crippen molar-refractivity contribution in [1.82, 2.24) is 0 Å². The van der Waals surface area contributed by atoms with E-state index < -0.39 is 0 Å². The maximum Gasteiger partial charge on any atom is 0.0200 e. The van der Waals surface area contributed by atoms with Gasteiger partial charge in [-0.15, -0.1) is 5.92 Å². The monoisotopic (exact) mass is 136 g/mol. The fourth-order valence-electron chi connectivity index (χ4n) is 0.683. The Labute approximate surface area is 65.0 Å². The van der Waals surface area contributed by atoms with Gasteiger partial charge in [-0.3, -0.25) is 0 Å². The van der Waals surface area contributed by atoms with Crippen molar-refractivity contribution >= 4 is 0 Å². The third-order valence-electron chi connectivity index (χ3n) is 1.45. The van der Waals surface area contributed by atoms with Crippen molar-refractivity contribution in [2.45, 2.75) is 32.6 Å². The van der Waals surface area contributed by atoms with Gasteiger partial charge in [0.25, 0.3) is 0 Å². The van der Waals surface area contributed by atoms with E-state index in [1.54, 1.807) is 0 Å². The van der Waals surface area contributed by atoms with Gasteiger partial charge in [-0.2, -0.15) is 0 Å². The Morgan fingerprint density at radius 1 is 1.40 bits per heavy atom. The molecule has 0 nitrogen and oxygen atoms in total. The normalized spacial score (nSPS) is 9.20. The minimum atomic E-state index is 0.506. The van der Waals surface area contributed by atoms with Gasteiger partial charge in [0.1, 0.15) is 0 Å². The van der Waals surface area contributed by atoms with Crippen molar-refractivity contribution < 1.29 is 0 Å². The lowest BCUT2D eigenvalue weighted by Gasteiger charge is -1.99. The summed E-state index contributed by atoms with van der Waals surface area (Å²) in [6.07, 6.45) is 3.89. The van der Waals surface area contributed by atoms with Crippen LogP contribution >= 0.6 is 0 Å². The second-order valence-corrected chi connectivity index (χ2v) is 2.32. The van der Waals surface area contributed by atoms with Crippen molar-refractivity contribution in [1.29, 1.82) is 0 Å². The second-order valence-electron chi connectivity index (χ2n) is 2.32. The van der Waals surface area contributed by atoms with Crippen molar-refractivity contribution in [3.05, 3.63) is 13.8 Å². The van der Waals surface area contributed by atoms with Gasteiger partial charge < -0.3 is 0 Å². The van der Waals surface area contributed by atoms with Crippen LogP contribution in [0.5, 0.6) is 0 Å². The standard InChI is InChI=1S/C10H16/c1-4-7-8-9-10(5-2)6-3/h10H,1-2,4-7H2,3H3. The molecule has 0 spiro atoms. The quantitative estimate of drug-likeness (QED) is 0.523. The lowest BCUT2D eigenvalue weighted by molar-refractivity contribution is 0.658. The van der Waals surface area contributed by atoms with E-state index in [2.05, 4.69) is 32.6 Å².